The first-order valence-corrected chi connectivity index (χ1v) is 15.9. The second-order valence-corrected chi connectivity index (χ2v) is 11.7. The van der Waals surface area contributed by atoms with Crippen molar-refractivity contribution in [2.45, 2.75) is 0 Å². The highest BCUT2D eigenvalue weighted by Gasteiger charge is 2.20. The minimum atomic E-state index is -0.432. The van der Waals surface area contributed by atoms with E-state index in [-0.39, 0.29) is 5.56 Å². The standard InChI is InChI=1S/C44H30N2O2/c47-43-41-29-39(35-17-9-3-10-18-35)40(36-19-11-4-12-20-36)30-42(41)45(37-25-21-33(22-26-37)31-13-5-1-6-14-31)44(48)46(43)38-27-23-34(24-28-38)32-15-7-2-8-16-32/h1-30H. The van der Waals surface area contributed by atoms with Gasteiger partial charge in [-0.05, 0) is 80.9 Å². The molecule has 228 valence electrons. The van der Waals surface area contributed by atoms with Crippen molar-refractivity contribution in [1.82, 2.24) is 9.13 Å². The summed E-state index contributed by atoms with van der Waals surface area (Å²) in [7, 11) is 0. The summed E-state index contributed by atoms with van der Waals surface area (Å²) in [4.78, 5) is 29.2. The summed E-state index contributed by atoms with van der Waals surface area (Å²) in [6.45, 7) is 0. The Bertz CT molecular complexity index is 2480. The van der Waals surface area contributed by atoms with Gasteiger partial charge < -0.3 is 0 Å². The van der Waals surface area contributed by atoms with E-state index in [9.17, 15) is 9.59 Å². The van der Waals surface area contributed by atoms with Gasteiger partial charge >= 0.3 is 5.69 Å². The van der Waals surface area contributed by atoms with Gasteiger partial charge in [-0.25, -0.2) is 9.36 Å². The molecule has 0 saturated heterocycles. The predicted octanol–water partition coefficient (Wildman–Crippen LogP) is 9.81. The van der Waals surface area contributed by atoms with Gasteiger partial charge in [0.15, 0.2) is 0 Å². The summed E-state index contributed by atoms with van der Waals surface area (Å²) in [5, 5.41) is 0.451. The number of rotatable bonds is 6. The summed E-state index contributed by atoms with van der Waals surface area (Å²) in [6, 6.07) is 59.8. The largest absolute Gasteiger partial charge is 0.340 e. The Balaban J connectivity index is 1.41. The van der Waals surface area contributed by atoms with Crippen LogP contribution in [0.3, 0.4) is 0 Å². The first-order chi connectivity index (χ1) is 23.7. The van der Waals surface area contributed by atoms with Crippen molar-refractivity contribution in [3.63, 3.8) is 0 Å². The number of fused-ring (bicyclic) bond motifs is 1. The molecule has 0 aliphatic heterocycles. The SMILES string of the molecule is O=c1c2cc(-c3ccccc3)c(-c3ccccc3)cc2n(-c2ccc(-c3ccccc3)cc2)c(=O)n1-c1ccc(-c2ccccc2)cc1. The highest BCUT2D eigenvalue weighted by atomic mass is 16.2. The third kappa shape index (κ3) is 5.25. The van der Waals surface area contributed by atoms with Gasteiger partial charge in [-0.3, -0.25) is 9.36 Å². The van der Waals surface area contributed by atoms with Crippen molar-refractivity contribution >= 4 is 10.9 Å². The highest BCUT2D eigenvalue weighted by molar-refractivity contribution is 5.95. The second kappa shape index (κ2) is 12.3. The van der Waals surface area contributed by atoms with Crippen LogP contribution in [-0.2, 0) is 0 Å². The van der Waals surface area contributed by atoms with Crippen LogP contribution >= 0.6 is 0 Å². The Morgan fingerprint density at radius 3 is 1.12 bits per heavy atom. The molecule has 0 fully saturated rings. The lowest BCUT2D eigenvalue weighted by atomic mass is 9.93. The lowest BCUT2D eigenvalue weighted by Crippen LogP contribution is -2.38. The molecule has 0 amide bonds. The van der Waals surface area contributed by atoms with Crippen LogP contribution in [0.4, 0.5) is 0 Å². The van der Waals surface area contributed by atoms with Gasteiger partial charge in [0.25, 0.3) is 5.56 Å². The van der Waals surface area contributed by atoms with Crippen LogP contribution in [0.1, 0.15) is 0 Å². The lowest BCUT2D eigenvalue weighted by molar-refractivity contribution is 0.835. The van der Waals surface area contributed by atoms with Crippen LogP contribution in [0, 0.1) is 0 Å². The summed E-state index contributed by atoms with van der Waals surface area (Å²) >= 11 is 0. The van der Waals surface area contributed by atoms with Crippen LogP contribution in [0.5, 0.6) is 0 Å². The van der Waals surface area contributed by atoms with E-state index >= 15 is 0 Å². The number of aromatic nitrogens is 2. The van der Waals surface area contributed by atoms with Gasteiger partial charge in [0.2, 0.25) is 0 Å². The van der Waals surface area contributed by atoms with E-state index in [1.54, 1.807) is 4.57 Å². The van der Waals surface area contributed by atoms with Crippen molar-refractivity contribution < 1.29 is 0 Å². The molecule has 0 saturated carbocycles. The van der Waals surface area contributed by atoms with Crippen LogP contribution in [-0.4, -0.2) is 9.13 Å². The Kier molecular flexibility index (Phi) is 7.44. The minimum absolute atomic E-state index is 0.364. The van der Waals surface area contributed by atoms with Gasteiger partial charge in [0.05, 0.1) is 22.3 Å². The summed E-state index contributed by atoms with van der Waals surface area (Å²) in [5.41, 5.74) is 8.97. The molecule has 8 rings (SSSR count). The van der Waals surface area contributed by atoms with Gasteiger partial charge in [-0.15, -0.1) is 0 Å². The fourth-order valence-corrected chi connectivity index (χ4v) is 6.41. The van der Waals surface area contributed by atoms with E-state index in [1.165, 1.54) is 4.57 Å². The Morgan fingerprint density at radius 2 is 0.688 bits per heavy atom. The molecule has 0 radical (unpaired) electrons. The Morgan fingerprint density at radius 1 is 0.333 bits per heavy atom. The molecule has 4 nitrogen and oxygen atoms in total. The zero-order chi connectivity index (χ0) is 32.5. The first-order valence-electron chi connectivity index (χ1n) is 15.9. The predicted molar refractivity (Wildman–Crippen MR) is 197 cm³/mol. The van der Waals surface area contributed by atoms with Crippen LogP contribution in [0.15, 0.2) is 192 Å². The fourth-order valence-electron chi connectivity index (χ4n) is 6.41. The van der Waals surface area contributed by atoms with E-state index in [0.29, 0.717) is 22.3 Å². The van der Waals surface area contributed by atoms with Gasteiger partial charge in [0.1, 0.15) is 0 Å². The smallest absolute Gasteiger partial charge is 0.268 e. The second-order valence-electron chi connectivity index (χ2n) is 11.7. The Labute approximate surface area is 278 Å². The lowest BCUT2D eigenvalue weighted by Gasteiger charge is -2.18. The quantitative estimate of drug-likeness (QED) is 0.186. The number of nitrogens with zero attached hydrogens (tertiary/aromatic N) is 2. The summed E-state index contributed by atoms with van der Waals surface area (Å²) < 4.78 is 2.96. The maximum Gasteiger partial charge on any atom is 0.340 e. The molecule has 0 N–H and O–H groups in total. The zero-order valence-corrected chi connectivity index (χ0v) is 26.0. The number of hydrogen-bond donors (Lipinski definition) is 0. The molecule has 0 bridgehead atoms. The van der Waals surface area contributed by atoms with Crippen LogP contribution in [0.25, 0.3) is 66.8 Å². The molecule has 0 unspecified atom stereocenters. The van der Waals surface area contributed by atoms with Crippen molar-refractivity contribution in [3.8, 4) is 55.9 Å². The van der Waals surface area contributed by atoms with Gasteiger partial charge in [-0.2, -0.15) is 0 Å². The molecule has 0 atom stereocenters. The van der Waals surface area contributed by atoms with Crippen LogP contribution < -0.4 is 11.2 Å². The maximum atomic E-state index is 14.6. The zero-order valence-electron chi connectivity index (χ0n) is 26.0. The molecule has 1 aromatic heterocycles. The van der Waals surface area contributed by atoms with Crippen molar-refractivity contribution in [3.05, 3.63) is 203 Å². The van der Waals surface area contributed by atoms with E-state index in [2.05, 4.69) is 24.3 Å². The third-order valence-electron chi connectivity index (χ3n) is 8.83. The van der Waals surface area contributed by atoms with E-state index < -0.39 is 5.69 Å². The van der Waals surface area contributed by atoms with Crippen molar-refractivity contribution in [1.29, 1.82) is 0 Å². The number of benzene rings is 7. The van der Waals surface area contributed by atoms with Crippen LogP contribution in [0.2, 0.25) is 0 Å². The van der Waals surface area contributed by atoms with E-state index in [1.807, 2.05) is 158 Å². The minimum Gasteiger partial charge on any atom is -0.268 e. The summed E-state index contributed by atoms with van der Waals surface area (Å²) in [5.74, 6) is 0. The fraction of sp³-hybridized carbons (Fsp3) is 0. The molecular weight excluding hydrogens is 588 g/mol. The highest BCUT2D eigenvalue weighted by Crippen LogP contribution is 2.35. The van der Waals surface area contributed by atoms with Gasteiger partial charge in [0, 0.05) is 0 Å². The molecular formula is C44H30N2O2. The maximum absolute atomic E-state index is 14.6. The third-order valence-corrected chi connectivity index (χ3v) is 8.83. The molecule has 8 aromatic rings. The average molecular weight is 619 g/mol. The molecule has 1 heterocycles. The first kappa shape index (κ1) is 28.9. The van der Waals surface area contributed by atoms with Crippen molar-refractivity contribution in [2.24, 2.45) is 0 Å². The average Bonchev–Trinajstić information content (AvgIpc) is 3.16. The van der Waals surface area contributed by atoms with Crippen molar-refractivity contribution in [2.75, 3.05) is 0 Å². The van der Waals surface area contributed by atoms with Gasteiger partial charge in [-0.1, -0.05) is 146 Å². The number of hydrogen-bond acceptors (Lipinski definition) is 2. The van der Waals surface area contributed by atoms with E-state index in [0.717, 1.165) is 44.5 Å². The topological polar surface area (TPSA) is 44.0 Å². The molecule has 0 spiro atoms. The Hall–Kier alpha value is -6.52. The summed E-state index contributed by atoms with van der Waals surface area (Å²) in [6.07, 6.45) is 0. The monoisotopic (exact) mass is 618 g/mol. The normalized spacial score (nSPS) is 11.1. The molecule has 4 heteroatoms. The molecule has 0 aliphatic rings. The molecule has 0 aliphatic carbocycles. The molecule has 48 heavy (non-hydrogen) atoms. The van der Waals surface area contributed by atoms with E-state index in [4.69, 9.17) is 0 Å². The molecule has 7 aromatic carbocycles.